The third kappa shape index (κ3) is 5.40. The Morgan fingerprint density at radius 3 is 2.59 bits per heavy atom. The Bertz CT molecular complexity index is 1140. The van der Waals surface area contributed by atoms with Gasteiger partial charge in [0.2, 0.25) is 11.9 Å². The van der Waals surface area contributed by atoms with Gasteiger partial charge < -0.3 is 19.5 Å². The number of sulfone groups is 1. The predicted octanol–water partition coefficient (Wildman–Crippen LogP) is 2.86. The normalized spacial score (nSPS) is 15.0. The van der Waals surface area contributed by atoms with Crippen molar-refractivity contribution in [3.8, 4) is 5.75 Å². The number of anilines is 1. The minimum absolute atomic E-state index is 0.132. The molecule has 1 N–H and O–H groups in total. The number of benzene rings is 2. The molecule has 9 heteroatoms. The number of carbonyl (C=O) groups excluding carboxylic acids is 1. The van der Waals surface area contributed by atoms with Gasteiger partial charge in [0.25, 0.3) is 0 Å². The number of H-pyrrole nitrogens is 1. The van der Waals surface area contributed by atoms with Crippen LogP contribution >= 0.6 is 0 Å². The average Bonchev–Trinajstić information content (AvgIpc) is 3.05. The number of imidazole rings is 1. The summed E-state index contributed by atoms with van der Waals surface area (Å²) in [4.78, 5) is 25.1. The fourth-order valence-electron chi connectivity index (χ4n) is 3.82. The Morgan fingerprint density at radius 2 is 1.84 bits per heavy atom. The highest BCUT2D eigenvalue weighted by atomic mass is 32.2. The molecule has 0 aliphatic carbocycles. The number of nitrogens with one attached hydrogen (secondary N) is 1. The molecule has 1 aliphatic rings. The van der Waals surface area contributed by atoms with E-state index in [9.17, 15) is 13.2 Å². The highest BCUT2D eigenvalue weighted by Crippen LogP contribution is 2.19. The second-order valence-electron chi connectivity index (χ2n) is 7.99. The van der Waals surface area contributed by atoms with Gasteiger partial charge in [-0.15, -0.1) is 0 Å². The van der Waals surface area contributed by atoms with E-state index in [2.05, 4.69) is 14.9 Å². The number of hydrogen-bond donors (Lipinski definition) is 1. The number of aromatic nitrogens is 2. The zero-order valence-corrected chi connectivity index (χ0v) is 19.0. The van der Waals surface area contributed by atoms with Gasteiger partial charge in [-0.3, -0.25) is 4.79 Å². The van der Waals surface area contributed by atoms with Crippen molar-refractivity contribution in [1.29, 1.82) is 0 Å². The average molecular weight is 457 g/mol. The van der Waals surface area contributed by atoms with Crippen LogP contribution in [-0.2, 0) is 14.6 Å². The standard InChI is InChI=1S/C23H28N4O4S/c1-32(29,30)19-11-9-18(10-12-19)31-17-4-8-22(28)26-13-5-14-27(16-15-26)23-24-20-6-2-3-7-21(20)25-23/h2-3,6-7,9-12H,4-5,8,13-17H2,1H3,(H,24,25). The molecular formula is C23H28N4O4S. The SMILES string of the molecule is CS(=O)(=O)c1ccc(OCCCC(=O)N2CCCN(c3nc4ccccc4[nH]3)CC2)cc1. The van der Waals surface area contributed by atoms with Crippen LogP contribution in [0.4, 0.5) is 5.95 Å². The summed E-state index contributed by atoms with van der Waals surface area (Å²) < 4.78 is 28.7. The van der Waals surface area contributed by atoms with E-state index in [0.29, 0.717) is 31.7 Å². The summed E-state index contributed by atoms with van der Waals surface area (Å²) >= 11 is 0. The van der Waals surface area contributed by atoms with Gasteiger partial charge in [-0.25, -0.2) is 13.4 Å². The Labute approximate surface area is 188 Å². The highest BCUT2D eigenvalue weighted by Gasteiger charge is 2.20. The molecule has 0 atom stereocenters. The van der Waals surface area contributed by atoms with Gasteiger partial charge in [0.05, 0.1) is 22.5 Å². The van der Waals surface area contributed by atoms with Crippen LogP contribution in [0.3, 0.4) is 0 Å². The number of carbonyl (C=O) groups is 1. The minimum Gasteiger partial charge on any atom is -0.494 e. The molecule has 4 rings (SSSR count). The second kappa shape index (κ2) is 9.60. The summed E-state index contributed by atoms with van der Waals surface area (Å²) in [6.45, 7) is 3.42. The van der Waals surface area contributed by atoms with E-state index < -0.39 is 9.84 Å². The van der Waals surface area contributed by atoms with Crippen LogP contribution in [0.2, 0.25) is 0 Å². The Hall–Kier alpha value is -3.07. The maximum atomic E-state index is 12.7. The van der Waals surface area contributed by atoms with Crippen LogP contribution in [0.5, 0.6) is 5.75 Å². The van der Waals surface area contributed by atoms with Gasteiger partial charge in [-0.05, 0) is 49.2 Å². The Kier molecular flexibility index (Phi) is 6.64. The molecule has 1 amide bonds. The molecule has 1 fully saturated rings. The van der Waals surface area contributed by atoms with Crippen molar-refractivity contribution < 1.29 is 17.9 Å². The van der Waals surface area contributed by atoms with Gasteiger partial charge in [0.1, 0.15) is 5.75 Å². The maximum absolute atomic E-state index is 12.7. The molecular weight excluding hydrogens is 428 g/mol. The lowest BCUT2D eigenvalue weighted by Gasteiger charge is -2.21. The number of hydrogen-bond acceptors (Lipinski definition) is 6. The molecule has 2 heterocycles. The molecule has 0 unspecified atom stereocenters. The molecule has 0 bridgehead atoms. The van der Waals surface area contributed by atoms with Crippen molar-refractivity contribution in [3.05, 3.63) is 48.5 Å². The van der Waals surface area contributed by atoms with Crippen LogP contribution < -0.4 is 9.64 Å². The lowest BCUT2D eigenvalue weighted by atomic mass is 10.2. The van der Waals surface area contributed by atoms with Crippen molar-refractivity contribution in [2.75, 3.05) is 43.9 Å². The van der Waals surface area contributed by atoms with Crippen molar-refractivity contribution >= 4 is 32.7 Å². The lowest BCUT2D eigenvalue weighted by molar-refractivity contribution is -0.131. The van der Waals surface area contributed by atoms with E-state index in [4.69, 9.17) is 4.74 Å². The highest BCUT2D eigenvalue weighted by molar-refractivity contribution is 7.90. The first kappa shape index (κ1) is 22.1. The predicted molar refractivity (Wildman–Crippen MR) is 124 cm³/mol. The van der Waals surface area contributed by atoms with Crippen LogP contribution in [0.1, 0.15) is 19.3 Å². The van der Waals surface area contributed by atoms with E-state index in [1.54, 1.807) is 12.1 Å². The topological polar surface area (TPSA) is 95.6 Å². The monoisotopic (exact) mass is 456 g/mol. The van der Waals surface area contributed by atoms with E-state index >= 15 is 0 Å². The van der Waals surface area contributed by atoms with Crippen LogP contribution in [0, 0.1) is 0 Å². The van der Waals surface area contributed by atoms with E-state index in [-0.39, 0.29) is 10.8 Å². The zero-order valence-electron chi connectivity index (χ0n) is 18.2. The Morgan fingerprint density at radius 1 is 1.06 bits per heavy atom. The zero-order chi connectivity index (χ0) is 22.6. The first-order chi connectivity index (χ1) is 15.4. The van der Waals surface area contributed by atoms with Crippen molar-refractivity contribution in [2.45, 2.75) is 24.2 Å². The van der Waals surface area contributed by atoms with Crippen LogP contribution in [0.25, 0.3) is 11.0 Å². The first-order valence-electron chi connectivity index (χ1n) is 10.8. The number of rotatable bonds is 7. The number of aromatic amines is 1. The fraction of sp³-hybridized carbons (Fsp3) is 0.391. The van der Waals surface area contributed by atoms with Gasteiger partial charge >= 0.3 is 0 Å². The number of para-hydroxylation sites is 2. The summed E-state index contributed by atoms with van der Waals surface area (Å²) in [6, 6.07) is 14.3. The third-order valence-corrected chi connectivity index (χ3v) is 6.71. The molecule has 0 saturated carbocycles. The van der Waals surface area contributed by atoms with Gasteiger partial charge in [-0.1, -0.05) is 12.1 Å². The number of nitrogens with zero attached hydrogens (tertiary/aromatic N) is 3. The molecule has 1 saturated heterocycles. The number of fused-ring (bicyclic) bond motifs is 1. The minimum atomic E-state index is -3.22. The largest absolute Gasteiger partial charge is 0.494 e. The maximum Gasteiger partial charge on any atom is 0.222 e. The van der Waals surface area contributed by atoms with Crippen LogP contribution in [0.15, 0.2) is 53.4 Å². The molecule has 170 valence electrons. The summed E-state index contributed by atoms with van der Waals surface area (Å²) in [5.74, 6) is 1.59. The van der Waals surface area contributed by atoms with Gasteiger partial charge in [-0.2, -0.15) is 0 Å². The molecule has 1 aliphatic heterocycles. The third-order valence-electron chi connectivity index (χ3n) is 5.58. The number of ether oxygens (including phenoxy) is 1. The van der Waals surface area contributed by atoms with Gasteiger partial charge in [0.15, 0.2) is 9.84 Å². The van der Waals surface area contributed by atoms with Gasteiger partial charge in [0, 0.05) is 38.9 Å². The van der Waals surface area contributed by atoms with Crippen molar-refractivity contribution in [1.82, 2.24) is 14.9 Å². The van der Waals surface area contributed by atoms with E-state index in [0.717, 1.165) is 43.0 Å². The fourth-order valence-corrected chi connectivity index (χ4v) is 4.45. The first-order valence-corrected chi connectivity index (χ1v) is 12.7. The quantitative estimate of drug-likeness (QED) is 0.550. The summed E-state index contributed by atoms with van der Waals surface area (Å²) in [6.07, 6.45) is 3.10. The molecule has 1 aromatic heterocycles. The molecule has 32 heavy (non-hydrogen) atoms. The molecule has 8 nitrogen and oxygen atoms in total. The molecule has 0 spiro atoms. The van der Waals surface area contributed by atoms with Crippen molar-refractivity contribution in [2.24, 2.45) is 0 Å². The molecule has 2 aromatic carbocycles. The van der Waals surface area contributed by atoms with E-state index in [1.807, 2.05) is 29.2 Å². The lowest BCUT2D eigenvalue weighted by Crippen LogP contribution is -2.35. The number of amides is 1. The second-order valence-corrected chi connectivity index (χ2v) is 10.0. The molecule has 0 radical (unpaired) electrons. The summed E-state index contributed by atoms with van der Waals surface area (Å²) in [7, 11) is -3.22. The van der Waals surface area contributed by atoms with Crippen LogP contribution in [-0.4, -0.2) is 68.2 Å². The summed E-state index contributed by atoms with van der Waals surface area (Å²) in [5.41, 5.74) is 1.97. The molecule has 3 aromatic rings. The summed E-state index contributed by atoms with van der Waals surface area (Å²) in [5, 5.41) is 0. The Balaban J connectivity index is 1.23. The van der Waals surface area contributed by atoms with Crippen molar-refractivity contribution in [3.63, 3.8) is 0 Å². The van der Waals surface area contributed by atoms with E-state index in [1.165, 1.54) is 18.4 Å². The smallest absolute Gasteiger partial charge is 0.222 e.